The lowest BCUT2D eigenvalue weighted by Gasteiger charge is -1.92. The van der Waals surface area contributed by atoms with E-state index in [-0.39, 0.29) is 18.3 Å². The summed E-state index contributed by atoms with van der Waals surface area (Å²) in [4.78, 5) is 29.0. The molecule has 0 unspecified atom stereocenters. The fourth-order valence-corrected chi connectivity index (χ4v) is 0.601. The number of rotatable bonds is 4. The second-order valence-electron chi connectivity index (χ2n) is 1.84. The van der Waals surface area contributed by atoms with Crippen LogP contribution in [0.4, 0.5) is 0 Å². The lowest BCUT2D eigenvalue weighted by molar-refractivity contribution is -0.140. The van der Waals surface area contributed by atoms with Crippen LogP contribution in [0.25, 0.3) is 0 Å². The topological polar surface area (TPSA) is 98.8 Å². The van der Waals surface area contributed by atoms with Crippen LogP contribution < -0.4 is 5.73 Å². The zero-order valence-corrected chi connectivity index (χ0v) is 8.30. The van der Waals surface area contributed by atoms with Crippen molar-refractivity contribution in [1.29, 1.82) is 0 Å². The van der Waals surface area contributed by atoms with Crippen molar-refractivity contribution in [1.82, 2.24) is 0 Å². The Morgan fingerprint density at radius 2 is 2.00 bits per heavy atom. The van der Waals surface area contributed by atoms with Crippen molar-refractivity contribution in [2.75, 3.05) is 12.9 Å². The standard InChI is InChI=1S/C4H7NO3S.C2H5NO/c1-8-4(6)2-3-9-5-7;1-2(3)4/h2-3H2,1H3;1H3,(H2,3,4). The molecule has 0 fully saturated rings. The highest BCUT2D eigenvalue weighted by Gasteiger charge is 1.98. The van der Waals surface area contributed by atoms with Gasteiger partial charge in [-0.05, 0) is 0 Å². The van der Waals surface area contributed by atoms with E-state index in [4.69, 9.17) is 0 Å². The molecule has 0 bridgehead atoms. The number of nitroso groups, excluding NO2 is 1. The highest BCUT2D eigenvalue weighted by Crippen LogP contribution is 2.02. The lowest BCUT2D eigenvalue weighted by Crippen LogP contribution is -2.01. The number of hydrogen-bond acceptors (Lipinski definition) is 6. The van der Waals surface area contributed by atoms with Gasteiger partial charge in [0.25, 0.3) is 0 Å². The van der Waals surface area contributed by atoms with Crippen molar-refractivity contribution < 1.29 is 14.3 Å². The normalized spacial score (nSPS) is 7.85. The number of ether oxygens (including phenoxy) is 1. The van der Waals surface area contributed by atoms with Gasteiger partial charge in [-0.1, -0.05) is 0 Å². The van der Waals surface area contributed by atoms with Gasteiger partial charge in [-0.15, -0.1) is 4.91 Å². The molecule has 6 nitrogen and oxygen atoms in total. The Balaban J connectivity index is 0. The van der Waals surface area contributed by atoms with Crippen molar-refractivity contribution in [2.45, 2.75) is 13.3 Å². The Kier molecular flexibility index (Phi) is 12.1. The highest BCUT2D eigenvalue weighted by atomic mass is 32.2. The maximum absolute atomic E-state index is 10.3. The number of carbonyl (C=O) groups excluding carboxylic acids is 2. The summed E-state index contributed by atoms with van der Waals surface area (Å²) in [6, 6.07) is 0. The first-order valence-electron chi connectivity index (χ1n) is 3.32. The molecule has 0 aromatic carbocycles. The minimum absolute atomic E-state index is 0.243. The van der Waals surface area contributed by atoms with Crippen LogP contribution >= 0.6 is 11.9 Å². The SMILES string of the molecule is CC(N)=O.COC(=O)CCSN=O. The van der Waals surface area contributed by atoms with E-state index in [2.05, 4.69) is 15.1 Å². The molecule has 1 amide bonds. The van der Waals surface area contributed by atoms with Crippen LogP contribution in [0.3, 0.4) is 0 Å². The number of primary amides is 1. The van der Waals surface area contributed by atoms with Crippen molar-refractivity contribution in [3.8, 4) is 0 Å². The van der Waals surface area contributed by atoms with Gasteiger partial charge in [0.15, 0.2) is 0 Å². The van der Waals surface area contributed by atoms with E-state index < -0.39 is 0 Å². The van der Waals surface area contributed by atoms with E-state index >= 15 is 0 Å². The van der Waals surface area contributed by atoms with Gasteiger partial charge in [0, 0.05) is 29.2 Å². The number of nitrogens with two attached hydrogens (primary N) is 1. The molecule has 0 aromatic heterocycles. The van der Waals surface area contributed by atoms with Crippen LogP contribution in [0.15, 0.2) is 4.58 Å². The highest BCUT2D eigenvalue weighted by molar-refractivity contribution is 7.97. The molecule has 13 heavy (non-hydrogen) atoms. The average molecular weight is 208 g/mol. The minimum Gasteiger partial charge on any atom is -0.469 e. The van der Waals surface area contributed by atoms with Crippen molar-refractivity contribution in [3.63, 3.8) is 0 Å². The van der Waals surface area contributed by atoms with Gasteiger partial charge in [-0.3, -0.25) is 9.59 Å². The molecule has 0 aliphatic rings. The Morgan fingerprint density at radius 3 is 2.31 bits per heavy atom. The molecule has 0 radical (unpaired) electrons. The summed E-state index contributed by atoms with van der Waals surface area (Å²) in [5, 5.41) is 0. The summed E-state index contributed by atoms with van der Waals surface area (Å²) in [7, 11) is 1.31. The van der Waals surface area contributed by atoms with Gasteiger partial charge in [-0.2, -0.15) is 0 Å². The minimum atomic E-state index is -0.333. The van der Waals surface area contributed by atoms with Crippen molar-refractivity contribution in [2.24, 2.45) is 10.3 Å². The summed E-state index contributed by atoms with van der Waals surface area (Å²) in [6.45, 7) is 1.31. The third-order valence-corrected chi connectivity index (χ3v) is 1.17. The summed E-state index contributed by atoms with van der Waals surface area (Å²) < 4.78 is 6.80. The van der Waals surface area contributed by atoms with Crippen LogP contribution in [0, 0.1) is 4.91 Å². The van der Waals surface area contributed by atoms with Crippen LogP contribution in [-0.2, 0) is 14.3 Å². The fraction of sp³-hybridized carbons (Fsp3) is 0.667. The second kappa shape index (κ2) is 10.9. The Bertz CT molecular complexity index is 170. The molecule has 7 heteroatoms. The Morgan fingerprint density at radius 1 is 1.54 bits per heavy atom. The zero-order chi connectivity index (χ0) is 10.7. The quantitative estimate of drug-likeness (QED) is 0.313. The zero-order valence-electron chi connectivity index (χ0n) is 7.48. The summed E-state index contributed by atoms with van der Waals surface area (Å²) in [6.07, 6.45) is 0.243. The van der Waals surface area contributed by atoms with E-state index in [9.17, 15) is 14.5 Å². The molecular weight excluding hydrogens is 196 g/mol. The van der Waals surface area contributed by atoms with Gasteiger partial charge in [0.05, 0.1) is 13.5 Å². The van der Waals surface area contributed by atoms with Gasteiger partial charge in [0.1, 0.15) is 0 Å². The molecule has 0 aliphatic heterocycles. The van der Waals surface area contributed by atoms with Gasteiger partial charge >= 0.3 is 5.97 Å². The van der Waals surface area contributed by atoms with Crippen molar-refractivity contribution >= 4 is 23.8 Å². The number of amides is 1. The predicted molar refractivity (Wildman–Crippen MR) is 49.8 cm³/mol. The molecule has 76 valence electrons. The second-order valence-corrected chi connectivity index (χ2v) is 2.66. The summed E-state index contributed by atoms with van der Waals surface area (Å²) in [5.41, 5.74) is 4.47. The number of hydrogen-bond donors (Lipinski definition) is 1. The van der Waals surface area contributed by atoms with E-state index in [0.717, 1.165) is 11.9 Å². The molecule has 0 rings (SSSR count). The van der Waals surface area contributed by atoms with Crippen LogP contribution in [0.5, 0.6) is 0 Å². The first-order chi connectivity index (χ1) is 6.04. The molecule has 2 N–H and O–H groups in total. The first-order valence-corrected chi connectivity index (χ1v) is 4.26. The summed E-state index contributed by atoms with van der Waals surface area (Å²) in [5.74, 6) is -0.248. The van der Waals surface area contributed by atoms with Gasteiger partial charge in [-0.25, -0.2) is 0 Å². The molecule has 0 aromatic rings. The largest absolute Gasteiger partial charge is 0.469 e. The molecule has 0 aliphatic carbocycles. The third kappa shape index (κ3) is 24.8. The monoisotopic (exact) mass is 208 g/mol. The number of carbonyl (C=O) groups is 2. The number of nitrogens with zero attached hydrogens (tertiary/aromatic N) is 1. The van der Waals surface area contributed by atoms with E-state index in [0.29, 0.717) is 5.75 Å². The molecule has 0 atom stereocenters. The van der Waals surface area contributed by atoms with Crippen molar-refractivity contribution in [3.05, 3.63) is 4.91 Å². The maximum Gasteiger partial charge on any atom is 0.306 e. The average Bonchev–Trinajstić information content (AvgIpc) is 2.03. The fourth-order valence-electron chi connectivity index (χ4n) is 0.268. The molecule has 0 saturated carbocycles. The molecule has 0 saturated heterocycles. The Labute approximate surface area is 80.3 Å². The first kappa shape index (κ1) is 14.4. The van der Waals surface area contributed by atoms with Crippen LogP contribution in [0.1, 0.15) is 13.3 Å². The molecular formula is C6H12N2O4S. The predicted octanol–water partition coefficient (Wildman–Crippen LogP) is 0.456. The maximum atomic E-state index is 10.3. The summed E-state index contributed by atoms with van der Waals surface area (Å²) >= 11 is 0.820. The lowest BCUT2D eigenvalue weighted by atomic mass is 10.5. The molecule has 0 heterocycles. The van der Waals surface area contributed by atoms with Gasteiger partial charge < -0.3 is 10.5 Å². The molecule has 0 spiro atoms. The Hall–Kier alpha value is -1.11. The number of methoxy groups -OCH3 is 1. The van der Waals surface area contributed by atoms with E-state index in [1.54, 1.807) is 0 Å². The van der Waals surface area contributed by atoms with Gasteiger partial charge in [0.2, 0.25) is 5.91 Å². The van der Waals surface area contributed by atoms with E-state index in [1.165, 1.54) is 14.0 Å². The number of esters is 1. The smallest absolute Gasteiger partial charge is 0.306 e. The van der Waals surface area contributed by atoms with Crippen LogP contribution in [0.2, 0.25) is 0 Å². The third-order valence-electron chi connectivity index (χ3n) is 0.678. The van der Waals surface area contributed by atoms with Crippen LogP contribution in [-0.4, -0.2) is 24.7 Å². The van der Waals surface area contributed by atoms with E-state index in [1.807, 2.05) is 0 Å².